The molecule has 1 rings (SSSR count). The summed E-state index contributed by atoms with van der Waals surface area (Å²) in [6, 6.07) is 0. The number of halogens is 2. The van der Waals surface area contributed by atoms with E-state index >= 15 is 0 Å². The molecule has 0 bridgehead atoms. The van der Waals surface area contributed by atoms with Crippen molar-refractivity contribution in [2.75, 3.05) is 32.1 Å². The number of methoxy groups -OCH3 is 1. The Balaban J connectivity index is 2.26. The van der Waals surface area contributed by atoms with Gasteiger partial charge in [-0.1, -0.05) is 0 Å². The molecule has 0 saturated heterocycles. The van der Waals surface area contributed by atoms with Crippen molar-refractivity contribution in [1.29, 1.82) is 0 Å². The number of anilines is 1. The number of rotatable bonds is 7. The van der Waals surface area contributed by atoms with Crippen LogP contribution < -0.4 is 10.6 Å². The third-order valence-corrected chi connectivity index (χ3v) is 2.18. The number of carbonyl (C=O) groups excluding carboxylic acids is 1. The molecule has 0 atom stereocenters. The van der Waals surface area contributed by atoms with E-state index in [2.05, 4.69) is 25.6 Å². The molecule has 1 heterocycles. The first-order valence-electron chi connectivity index (χ1n) is 5.18. The second-order valence-corrected chi connectivity index (χ2v) is 3.89. The van der Waals surface area contributed by atoms with Crippen molar-refractivity contribution in [2.24, 2.45) is 0 Å². The molecular weight excluding hydrogens is 281 g/mol. The summed E-state index contributed by atoms with van der Waals surface area (Å²) in [6.07, 6.45) is 0.282. The molecule has 0 saturated carbocycles. The van der Waals surface area contributed by atoms with Gasteiger partial charge >= 0.3 is 0 Å². The molecule has 0 spiro atoms. The van der Waals surface area contributed by atoms with Crippen molar-refractivity contribution in [3.05, 3.63) is 10.6 Å². The van der Waals surface area contributed by atoms with Gasteiger partial charge in [0.2, 0.25) is 22.4 Å². The molecule has 1 aromatic heterocycles. The Hall–Kier alpha value is -1.18. The number of carbonyl (C=O) groups is 1. The minimum Gasteiger partial charge on any atom is -0.383 e. The maximum Gasteiger partial charge on any atom is 0.228 e. The molecule has 0 aliphatic heterocycles. The van der Waals surface area contributed by atoms with Gasteiger partial charge in [0.1, 0.15) is 0 Å². The van der Waals surface area contributed by atoms with Crippen LogP contribution in [0.5, 0.6) is 0 Å². The van der Waals surface area contributed by atoms with Crippen molar-refractivity contribution >= 4 is 35.1 Å². The number of hydrogen-bond acceptors (Lipinski definition) is 6. The molecule has 0 aromatic carbocycles. The van der Waals surface area contributed by atoms with Gasteiger partial charge < -0.3 is 15.4 Å². The molecule has 0 aliphatic rings. The first-order valence-corrected chi connectivity index (χ1v) is 5.94. The fourth-order valence-electron chi connectivity index (χ4n) is 1.07. The monoisotopic (exact) mass is 293 g/mol. The summed E-state index contributed by atoms with van der Waals surface area (Å²) in [7, 11) is 1.57. The van der Waals surface area contributed by atoms with E-state index in [0.717, 1.165) is 0 Å². The zero-order valence-corrected chi connectivity index (χ0v) is 11.3. The van der Waals surface area contributed by atoms with Gasteiger partial charge in [-0.05, 0) is 23.2 Å². The second kappa shape index (κ2) is 8.02. The Morgan fingerprint density at radius 1 is 1.22 bits per heavy atom. The molecule has 2 N–H and O–H groups in total. The molecule has 0 fully saturated rings. The van der Waals surface area contributed by atoms with Gasteiger partial charge in [-0.2, -0.15) is 15.0 Å². The first-order chi connectivity index (χ1) is 8.61. The topological polar surface area (TPSA) is 89.0 Å². The number of amides is 1. The third-order valence-electron chi connectivity index (χ3n) is 1.84. The number of ether oxygens (including phenoxy) is 1. The van der Waals surface area contributed by atoms with Crippen LogP contribution in [0.1, 0.15) is 6.42 Å². The van der Waals surface area contributed by atoms with Gasteiger partial charge in [0.15, 0.2) is 0 Å². The van der Waals surface area contributed by atoms with Crippen molar-refractivity contribution in [2.45, 2.75) is 6.42 Å². The Morgan fingerprint density at radius 3 is 2.50 bits per heavy atom. The van der Waals surface area contributed by atoms with E-state index < -0.39 is 0 Å². The molecular formula is C9H13Cl2N5O2. The van der Waals surface area contributed by atoms with E-state index in [1.807, 2.05) is 0 Å². The van der Waals surface area contributed by atoms with E-state index in [4.69, 9.17) is 27.9 Å². The minimum atomic E-state index is -0.0919. The summed E-state index contributed by atoms with van der Waals surface area (Å²) in [4.78, 5) is 22.5. The Kier molecular flexibility index (Phi) is 6.63. The quantitative estimate of drug-likeness (QED) is 0.721. The van der Waals surface area contributed by atoms with Gasteiger partial charge in [-0.25, -0.2) is 0 Å². The van der Waals surface area contributed by atoms with Crippen molar-refractivity contribution < 1.29 is 9.53 Å². The maximum atomic E-state index is 11.3. The highest BCUT2D eigenvalue weighted by atomic mass is 35.5. The zero-order valence-electron chi connectivity index (χ0n) is 9.74. The number of nitrogens with zero attached hydrogens (tertiary/aromatic N) is 3. The van der Waals surface area contributed by atoms with E-state index in [9.17, 15) is 4.79 Å². The SMILES string of the molecule is COCCNC(=O)CCNc1nc(Cl)nc(Cl)n1. The first kappa shape index (κ1) is 14.9. The third kappa shape index (κ3) is 5.95. The molecule has 0 aliphatic carbocycles. The summed E-state index contributed by atoms with van der Waals surface area (Å²) in [5.74, 6) is 0.149. The molecule has 0 radical (unpaired) electrons. The van der Waals surface area contributed by atoms with Crippen LogP contribution in [0.2, 0.25) is 10.6 Å². The van der Waals surface area contributed by atoms with E-state index in [0.29, 0.717) is 19.7 Å². The average Bonchev–Trinajstić information content (AvgIpc) is 2.28. The number of nitrogens with one attached hydrogen (secondary N) is 2. The van der Waals surface area contributed by atoms with Crippen LogP contribution in [0.25, 0.3) is 0 Å². The Labute approximate surface area is 114 Å². The molecule has 9 heteroatoms. The molecule has 100 valence electrons. The predicted octanol–water partition coefficient (Wildman–Crippen LogP) is 0.743. The van der Waals surface area contributed by atoms with E-state index in [-0.39, 0.29) is 28.8 Å². The molecule has 18 heavy (non-hydrogen) atoms. The van der Waals surface area contributed by atoms with Gasteiger partial charge in [-0.15, -0.1) is 0 Å². The normalized spacial score (nSPS) is 10.2. The zero-order chi connectivity index (χ0) is 13.4. The van der Waals surface area contributed by atoms with Gasteiger partial charge in [0.25, 0.3) is 0 Å². The summed E-state index contributed by atoms with van der Waals surface area (Å²) in [6.45, 7) is 1.34. The summed E-state index contributed by atoms with van der Waals surface area (Å²) >= 11 is 11.2. The van der Waals surface area contributed by atoms with Crippen molar-refractivity contribution in [3.8, 4) is 0 Å². The van der Waals surface area contributed by atoms with Crippen molar-refractivity contribution in [1.82, 2.24) is 20.3 Å². The lowest BCUT2D eigenvalue weighted by Gasteiger charge is -2.06. The average molecular weight is 294 g/mol. The fourth-order valence-corrected chi connectivity index (χ4v) is 1.44. The van der Waals surface area contributed by atoms with Crippen LogP contribution in [0.4, 0.5) is 5.95 Å². The predicted molar refractivity (Wildman–Crippen MR) is 67.8 cm³/mol. The molecule has 0 unspecified atom stereocenters. The highest BCUT2D eigenvalue weighted by Gasteiger charge is 2.04. The standard InChI is InChI=1S/C9H13Cl2N5O2/c1-18-5-4-12-6(17)2-3-13-9-15-7(10)14-8(11)16-9/h2-5H2,1H3,(H,12,17)(H,13,14,15,16). The maximum absolute atomic E-state index is 11.3. The lowest BCUT2D eigenvalue weighted by atomic mass is 10.4. The van der Waals surface area contributed by atoms with Gasteiger partial charge in [0, 0.05) is 26.6 Å². The Morgan fingerprint density at radius 2 is 1.89 bits per heavy atom. The summed E-state index contributed by atoms with van der Waals surface area (Å²) in [5.41, 5.74) is 0. The Bertz CT molecular complexity index is 384. The van der Waals surface area contributed by atoms with E-state index in [1.54, 1.807) is 7.11 Å². The minimum absolute atomic E-state index is 0.00189. The number of hydrogen-bond donors (Lipinski definition) is 2. The highest BCUT2D eigenvalue weighted by Crippen LogP contribution is 2.09. The lowest BCUT2D eigenvalue weighted by Crippen LogP contribution is -2.28. The second-order valence-electron chi connectivity index (χ2n) is 3.22. The van der Waals surface area contributed by atoms with Gasteiger partial charge in [0.05, 0.1) is 6.61 Å². The number of aromatic nitrogens is 3. The van der Waals surface area contributed by atoms with Crippen LogP contribution in [0.15, 0.2) is 0 Å². The van der Waals surface area contributed by atoms with Crippen molar-refractivity contribution in [3.63, 3.8) is 0 Å². The highest BCUT2D eigenvalue weighted by molar-refractivity contribution is 6.31. The van der Waals surface area contributed by atoms with Crippen LogP contribution in [-0.2, 0) is 9.53 Å². The fraction of sp³-hybridized carbons (Fsp3) is 0.556. The smallest absolute Gasteiger partial charge is 0.228 e. The molecule has 7 nitrogen and oxygen atoms in total. The largest absolute Gasteiger partial charge is 0.383 e. The van der Waals surface area contributed by atoms with Crippen LogP contribution in [0.3, 0.4) is 0 Å². The van der Waals surface area contributed by atoms with Gasteiger partial charge in [-0.3, -0.25) is 4.79 Å². The van der Waals surface area contributed by atoms with E-state index in [1.165, 1.54) is 0 Å². The van der Waals surface area contributed by atoms with Crippen LogP contribution in [0, 0.1) is 0 Å². The molecule has 1 amide bonds. The summed E-state index contributed by atoms with van der Waals surface area (Å²) < 4.78 is 4.81. The molecule has 1 aromatic rings. The summed E-state index contributed by atoms with van der Waals surface area (Å²) in [5, 5.41) is 5.51. The lowest BCUT2D eigenvalue weighted by molar-refractivity contribution is -0.121. The van der Waals surface area contributed by atoms with Crippen LogP contribution >= 0.6 is 23.2 Å². The van der Waals surface area contributed by atoms with Crippen LogP contribution in [-0.4, -0.2) is 47.7 Å².